The van der Waals surface area contributed by atoms with E-state index in [1.807, 2.05) is 18.7 Å². The summed E-state index contributed by atoms with van der Waals surface area (Å²) in [6.07, 6.45) is 2.39. The molecule has 1 N–H and O–H groups in total. The minimum atomic E-state index is -0.424. The first-order valence-corrected chi connectivity index (χ1v) is 7.64. The van der Waals surface area contributed by atoms with Gasteiger partial charge in [-0.15, -0.1) is 0 Å². The van der Waals surface area contributed by atoms with Crippen molar-refractivity contribution in [2.45, 2.75) is 46.6 Å². The van der Waals surface area contributed by atoms with Gasteiger partial charge in [0.25, 0.3) is 0 Å². The topological polar surface area (TPSA) is 75.3 Å². The third kappa shape index (κ3) is 3.09. The van der Waals surface area contributed by atoms with Gasteiger partial charge in [0.15, 0.2) is 5.69 Å². The number of nitrogens with one attached hydrogen (secondary N) is 1. The molecule has 1 amide bonds. The second kappa shape index (κ2) is 6.74. The second-order valence-electron chi connectivity index (χ2n) is 5.27. The average molecular weight is 293 g/mol. The van der Waals surface area contributed by atoms with Crippen LogP contribution in [0.5, 0.6) is 0 Å². The number of carbonyl (C=O) groups is 2. The van der Waals surface area contributed by atoms with Gasteiger partial charge in [-0.05, 0) is 19.8 Å². The molecular formula is C15H23N3O3. The van der Waals surface area contributed by atoms with Crippen molar-refractivity contribution in [3.8, 4) is 0 Å². The Morgan fingerprint density at radius 1 is 1.33 bits per heavy atom. The van der Waals surface area contributed by atoms with Crippen molar-refractivity contribution in [3.63, 3.8) is 0 Å². The highest BCUT2D eigenvalue weighted by Gasteiger charge is 2.30. The van der Waals surface area contributed by atoms with E-state index >= 15 is 0 Å². The van der Waals surface area contributed by atoms with Gasteiger partial charge in [-0.25, -0.2) is 4.79 Å². The van der Waals surface area contributed by atoms with Gasteiger partial charge >= 0.3 is 5.97 Å². The molecule has 1 aromatic rings. The fraction of sp³-hybridized carbons (Fsp3) is 0.667. The molecule has 0 saturated carbocycles. The molecule has 1 aromatic heterocycles. The van der Waals surface area contributed by atoms with E-state index in [0.29, 0.717) is 31.8 Å². The van der Waals surface area contributed by atoms with Gasteiger partial charge in [-0.2, -0.15) is 5.10 Å². The minimum absolute atomic E-state index is 0.0597. The Morgan fingerprint density at radius 2 is 2.05 bits per heavy atom. The van der Waals surface area contributed by atoms with E-state index in [4.69, 9.17) is 4.74 Å². The number of aromatic amines is 1. The Balaban J connectivity index is 2.17. The summed E-state index contributed by atoms with van der Waals surface area (Å²) in [6, 6.07) is 0. The highest BCUT2D eigenvalue weighted by atomic mass is 16.5. The molecule has 0 spiro atoms. The SMILES string of the molecule is CCOC(=O)c1n[nH]c2c1CN(C(=O)C(CC)CC)CC2. The van der Waals surface area contributed by atoms with Crippen LogP contribution in [-0.2, 0) is 22.5 Å². The van der Waals surface area contributed by atoms with Crippen LogP contribution in [0.2, 0.25) is 0 Å². The van der Waals surface area contributed by atoms with Crippen molar-refractivity contribution < 1.29 is 14.3 Å². The Kier molecular flexibility index (Phi) is 4.98. The third-order valence-corrected chi connectivity index (χ3v) is 4.05. The summed E-state index contributed by atoms with van der Waals surface area (Å²) in [4.78, 5) is 26.2. The molecule has 1 aliphatic heterocycles. The van der Waals surface area contributed by atoms with E-state index < -0.39 is 5.97 Å². The monoisotopic (exact) mass is 293 g/mol. The van der Waals surface area contributed by atoms with E-state index in [9.17, 15) is 9.59 Å². The lowest BCUT2D eigenvalue weighted by Crippen LogP contribution is -2.39. The number of rotatable bonds is 5. The molecule has 0 saturated heterocycles. The van der Waals surface area contributed by atoms with E-state index in [2.05, 4.69) is 10.2 Å². The zero-order valence-electron chi connectivity index (χ0n) is 12.9. The van der Waals surface area contributed by atoms with Crippen molar-refractivity contribution in [1.29, 1.82) is 0 Å². The number of fused-ring (bicyclic) bond motifs is 1. The first-order valence-electron chi connectivity index (χ1n) is 7.64. The Morgan fingerprint density at radius 3 is 2.67 bits per heavy atom. The normalized spacial score (nSPS) is 14.2. The molecule has 0 radical (unpaired) electrons. The maximum Gasteiger partial charge on any atom is 0.359 e. The summed E-state index contributed by atoms with van der Waals surface area (Å²) in [7, 11) is 0. The van der Waals surface area contributed by atoms with Crippen LogP contribution < -0.4 is 0 Å². The second-order valence-corrected chi connectivity index (χ2v) is 5.27. The fourth-order valence-corrected chi connectivity index (χ4v) is 2.75. The molecule has 6 nitrogen and oxygen atoms in total. The van der Waals surface area contributed by atoms with E-state index in [1.165, 1.54) is 0 Å². The number of hydrogen-bond donors (Lipinski definition) is 1. The zero-order valence-corrected chi connectivity index (χ0v) is 12.9. The number of ether oxygens (including phenoxy) is 1. The molecule has 0 atom stereocenters. The van der Waals surface area contributed by atoms with Crippen molar-refractivity contribution >= 4 is 11.9 Å². The predicted molar refractivity (Wildman–Crippen MR) is 77.7 cm³/mol. The van der Waals surface area contributed by atoms with Crippen LogP contribution in [0, 0.1) is 5.92 Å². The molecule has 1 aliphatic rings. The molecule has 0 bridgehead atoms. The number of aromatic nitrogens is 2. The summed E-state index contributed by atoms with van der Waals surface area (Å²) < 4.78 is 5.01. The van der Waals surface area contributed by atoms with Crippen LogP contribution >= 0.6 is 0 Å². The van der Waals surface area contributed by atoms with Crippen LogP contribution in [0.3, 0.4) is 0 Å². The Labute approximate surface area is 124 Å². The molecule has 2 heterocycles. The molecule has 21 heavy (non-hydrogen) atoms. The smallest absolute Gasteiger partial charge is 0.359 e. The van der Waals surface area contributed by atoms with Gasteiger partial charge in [-0.1, -0.05) is 13.8 Å². The van der Waals surface area contributed by atoms with Gasteiger partial charge in [0, 0.05) is 36.7 Å². The highest BCUT2D eigenvalue weighted by molar-refractivity contribution is 5.89. The summed E-state index contributed by atoms with van der Waals surface area (Å²) in [5, 5.41) is 6.95. The molecular weight excluding hydrogens is 270 g/mol. The van der Waals surface area contributed by atoms with Crippen LogP contribution in [0.4, 0.5) is 0 Å². The minimum Gasteiger partial charge on any atom is -0.461 e. The lowest BCUT2D eigenvalue weighted by Gasteiger charge is -2.30. The lowest BCUT2D eigenvalue weighted by atomic mass is 9.98. The third-order valence-electron chi connectivity index (χ3n) is 4.05. The van der Waals surface area contributed by atoms with E-state index in [-0.39, 0.29) is 11.8 Å². The number of H-pyrrole nitrogens is 1. The number of amides is 1. The molecule has 2 rings (SSSR count). The maximum absolute atomic E-state index is 12.5. The number of nitrogens with zero attached hydrogens (tertiary/aromatic N) is 2. The zero-order chi connectivity index (χ0) is 15.4. The largest absolute Gasteiger partial charge is 0.461 e. The summed E-state index contributed by atoms with van der Waals surface area (Å²) in [6.45, 7) is 7.26. The molecule has 0 unspecified atom stereocenters. The summed E-state index contributed by atoms with van der Waals surface area (Å²) in [5.41, 5.74) is 2.06. The molecule has 116 valence electrons. The van der Waals surface area contributed by atoms with Gasteiger partial charge in [0.1, 0.15) is 0 Å². The molecule has 0 fully saturated rings. The van der Waals surface area contributed by atoms with Crippen LogP contribution in [0.1, 0.15) is 55.4 Å². The summed E-state index contributed by atoms with van der Waals surface area (Å²) in [5.74, 6) is -0.196. The standard InChI is InChI=1S/C15H23N3O3/c1-4-10(5-2)14(19)18-8-7-12-11(9-18)13(17-16-12)15(20)21-6-3/h10H,4-9H2,1-3H3,(H,16,17). The predicted octanol–water partition coefficient (Wildman–Crippen LogP) is 1.91. The first kappa shape index (κ1) is 15.5. The number of carbonyl (C=O) groups excluding carboxylic acids is 2. The van der Waals surface area contributed by atoms with Crippen LogP contribution in [0.25, 0.3) is 0 Å². The van der Waals surface area contributed by atoms with E-state index in [1.54, 1.807) is 6.92 Å². The van der Waals surface area contributed by atoms with Gasteiger partial charge in [0.2, 0.25) is 5.91 Å². The molecule has 6 heteroatoms. The summed E-state index contributed by atoms with van der Waals surface area (Å²) >= 11 is 0. The first-order chi connectivity index (χ1) is 10.1. The lowest BCUT2D eigenvalue weighted by molar-refractivity contribution is -0.136. The molecule has 0 aromatic carbocycles. The number of esters is 1. The van der Waals surface area contributed by atoms with Crippen LogP contribution in [-0.4, -0.2) is 40.1 Å². The van der Waals surface area contributed by atoms with Crippen LogP contribution in [0.15, 0.2) is 0 Å². The van der Waals surface area contributed by atoms with Crippen molar-refractivity contribution in [1.82, 2.24) is 15.1 Å². The molecule has 0 aliphatic carbocycles. The fourth-order valence-electron chi connectivity index (χ4n) is 2.75. The van der Waals surface area contributed by atoms with Gasteiger partial charge in [0.05, 0.1) is 6.61 Å². The van der Waals surface area contributed by atoms with Crippen molar-refractivity contribution in [2.75, 3.05) is 13.2 Å². The van der Waals surface area contributed by atoms with Crippen molar-refractivity contribution in [2.24, 2.45) is 5.92 Å². The highest BCUT2D eigenvalue weighted by Crippen LogP contribution is 2.23. The quantitative estimate of drug-likeness (QED) is 0.841. The maximum atomic E-state index is 12.5. The average Bonchev–Trinajstić information content (AvgIpc) is 2.91. The van der Waals surface area contributed by atoms with Gasteiger partial charge in [-0.3, -0.25) is 9.89 Å². The Hall–Kier alpha value is -1.85. The van der Waals surface area contributed by atoms with E-state index in [0.717, 1.165) is 24.1 Å². The van der Waals surface area contributed by atoms with Gasteiger partial charge < -0.3 is 9.64 Å². The Bertz CT molecular complexity index is 520. The number of hydrogen-bond acceptors (Lipinski definition) is 4. The van der Waals surface area contributed by atoms with Crippen molar-refractivity contribution in [3.05, 3.63) is 17.0 Å².